The highest BCUT2D eigenvalue weighted by molar-refractivity contribution is 7.10. The van der Waals surface area contributed by atoms with Gasteiger partial charge in [-0.3, -0.25) is 0 Å². The molecule has 0 bridgehead atoms. The highest BCUT2D eigenvalue weighted by Crippen LogP contribution is 2.27. The van der Waals surface area contributed by atoms with Crippen LogP contribution in [-0.2, 0) is 6.54 Å². The second-order valence-corrected chi connectivity index (χ2v) is 5.43. The van der Waals surface area contributed by atoms with Gasteiger partial charge in [-0.05, 0) is 40.5 Å². The van der Waals surface area contributed by atoms with Gasteiger partial charge < -0.3 is 5.73 Å². The van der Waals surface area contributed by atoms with Crippen LogP contribution in [0.2, 0.25) is 0 Å². The van der Waals surface area contributed by atoms with Crippen LogP contribution in [0.4, 0.5) is 0 Å². The molecule has 0 saturated heterocycles. The van der Waals surface area contributed by atoms with E-state index in [4.69, 9.17) is 5.73 Å². The van der Waals surface area contributed by atoms with Crippen molar-refractivity contribution in [1.29, 1.82) is 0 Å². The fourth-order valence-corrected chi connectivity index (χ4v) is 2.65. The zero-order chi connectivity index (χ0) is 12.3. The van der Waals surface area contributed by atoms with Crippen molar-refractivity contribution in [3.8, 4) is 11.1 Å². The van der Waals surface area contributed by atoms with Crippen LogP contribution in [0.1, 0.15) is 36.6 Å². The average Bonchev–Trinajstić information content (AvgIpc) is 2.87. The lowest BCUT2D eigenvalue weighted by molar-refractivity contribution is 0.734. The maximum absolute atomic E-state index is 5.63. The molecule has 90 valence electrons. The van der Waals surface area contributed by atoms with Gasteiger partial charge in [0.2, 0.25) is 0 Å². The van der Waals surface area contributed by atoms with Crippen LogP contribution in [0, 0.1) is 0 Å². The van der Waals surface area contributed by atoms with Gasteiger partial charge in [-0.25, -0.2) is 0 Å². The molecule has 1 heterocycles. The van der Waals surface area contributed by atoms with E-state index in [0.29, 0.717) is 12.5 Å². The molecule has 0 spiro atoms. The minimum atomic E-state index is 0.635. The van der Waals surface area contributed by atoms with Crippen molar-refractivity contribution in [3.63, 3.8) is 0 Å². The molecule has 2 rings (SSSR count). The molecular weight excluding hydrogens is 226 g/mol. The Morgan fingerprint density at radius 3 is 2.41 bits per heavy atom. The first kappa shape index (κ1) is 12.3. The van der Waals surface area contributed by atoms with Crippen LogP contribution < -0.4 is 5.73 Å². The quantitative estimate of drug-likeness (QED) is 0.849. The summed E-state index contributed by atoms with van der Waals surface area (Å²) in [7, 11) is 0. The molecule has 1 aromatic heterocycles. The molecule has 0 aliphatic rings. The standard InChI is InChI=1S/C15H19NS/c1-3-11(2)12-4-6-13(7-5-12)14-8-15(9-16)17-10-14/h4-8,10-11H,3,9,16H2,1-2H3. The first-order chi connectivity index (χ1) is 8.24. The van der Waals surface area contributed by atoms with E-state index >= 15 is 0 Å². The molecule has 17 heavy (non-hydrogen) atoms. The summed E-state index contributed by atoms with van der Waals surface area (Å²) in [4.78, 5) is 1.24. The smallest absolute Gasteiger partial charge is 0.0274 e. The van der Waals surface area contributed by atoms with E-state index in [9.17, 15) is 0 Å². The van der Waals surface area contributed by atoms with Crippen molar-refractivity contribution in [3.05, 3.63) is 46.2 Å². The molecule has 2 aromatic rings. The number of nitrogens with two attached hydrogens (primary N) is 1. The lowest BCUT2D eigenvalue weighted by atomic mass is 9.96. The molecule has 1 nitrogen and oxygen atoms in total. The summed E-state index contributed by atoms with van der Waals surface area (Å²) in [5.74, 6) is 0.645. The summed E-state index contributed by atoms with van der Waals surface area (Å²) < 4.78 is 0. The highest BCUT2D eigenvalue weighted by atomic mass is 32.1. The number of thiophene rings is 1. The van der Waals surface area contributed by atoms with Crippen LogP contribution in [0.15, 0.2) is 35.7 Å². The number of benzene rings is 1. The van der Waals surface area contributed by atoms with Gasteiger partial charge in [0.15, 0.2) is 0 Å². The van der Waals surface area contributed by atoms with Gasteiger partial charge in [-0.1, -0.05) is 38.1 Å². The average molecular weight is 245 g/mol. The summed E-state index contributed by atoms with van der Waals surface area (Å²) in [5, 5.41) is 2.18. The summed E-state index contributed by atoms with van der Waals surface area (Å²) in [5.41, 5.74) is 9.62. The minimum Gasteiger partial charge on any atom is -0.326 e. The molecule has 1 atom stereocenters. The summed E-state index contributed by atoms with van der Waals surface area (Å²) in [6.07, 6.45) is 1.19. The Bertz CT molecular complexity index is 470. The van der Waals surface area contributed by atoms with Crippen molar-refractivity contribution < 1.29 is 0 Å². The Morgan fingerprint density at radius 1 is 1.18 bits per heavy atom. The molecule has 0 radical (unpaired) electrons. The fourth-order valence-electron chi connectivity index (χ4n) is 1.88. The van der Waals surface area contributed by atoms with Crippen LogP contribution in [0.3, 0.4) is 0 Å². The number of hydrogen-bond acceptors (Lipinski definition) is 2. The molecule has 1 unspecified atom stereocenters. The minimum absolute atomic E-state index is 0.635. The molecule has 0 aliphatic heterocycles. The van der Waals surface area contributed by atoms with Crippen LogP contribution in [-0.4, -0.2) is 0 Å². The van der Waals surface area contributed by atoms with E-state index in [1.54, 1.807) is 11.3 Å². The zero-order valence-corrected chi connectivity index (χ0v) is 11.3. The molecule has 0 aliphatic carbocycles. The van der Waals surface area contributed by atoms with E-state index < -0.39 is 0 Å². The van der Waals surface area contributed by atoms with Crippen molar-refractivity contribution in [2.75, 3.05) is 0 Å². The first-order valence-corrected chi connectivity index (χ1v) is 7.00. The van der Waals surface area contributed by atoms with E-state index in [0.717, 1.165) is 0 Å². The monoisotopic (exact) mass is 245 g/mol. The van der Waals surface area contributed by atoms with E-state index in [2.05, 4.69) is 49.6 Å². The Hall–Kier alpha value is -1.12. The molecule has 2 N–H and O–H groups in total. The van der Waals surface area contributed by atoms with E-state index in [1.807, 2.05) is 0 Å². The third kappa shape index (κ3) is 2.76. The Kier molecular flexibility index (Phi) is 3.97. The largest absolute Gasteiger partial charge is 0.326 e. The van der Waals surface area contributed by atoms with Gasteiger partial charge >= 0.3 is 0 Å². The third-order valence-corrected chi connectivity index (χ3v) is 4.24. The van der Waals surface area contributed by atoms with E-state index in [1.165, 1.54) is 28.0 Å². The fraction of sp³-hybridized carbons (Fsp3) is 0.333. The van der Waals surface area contributed by atoms with Crippen LogP contribution in [0.25, 0.3) is 11.1 Å². The maximum atomic E-state index is 5.63. The van der Waals surface area contributed by atoms with Crippen molar-refractivity contribution in [2.45, 2.75) is 32.7 Å². The van der Waals surface area contributed by atoms with Crippen LogP contribution in [0.5, 0.6) is 0 Å². The van der Waals surface area contributed by atoms with Gasteiger partial charge in [0.1, 0.15) is 0 Å². The second-order valence-electron chi connectivity index (χ2n) is 4.44. The molecule has 0 saturated carbocycles. The van der Waals surface area contributed by atoms with Crippen molar-refractivity contribution in [2.24, 2.45) is 5.73 Å². The summed E-state index contributed by atoms with van der Waals surface area (Å²) in [6.45, 7) is 5.13. The Balaban J connectivity index is 2.22. The van der Waals surface area contributed by atoms with Crippen LogP contribution >= 0.6 is 11.3 Å². The van der Waals surface area contributed by atoms with Crippen molar-refractivity contribution >= 4 is 11.3 Å². The molecule has 1 aromatic carbocycles. The van der Waals surface area contributed by atoms with Gasteiger partial charge in [-0.15, -0.1) is 11.3 Å². The van der Waals surface area contributed by atoms with E-state index in [-0.39, 0.29) is 0 Å². The SMILES string of the molecule is CCC(C)c1ccc(-c2csc(CN)c2)cc1. The van der Waals surface area contributed by atoms with Gasteiger partial charge in [0.05, 0.1) is 0 Å². The Morgan fingerprint density at radius 2 is 1.88 bits per heavy atom. The van der Waals surface area contributed by atoms with Crippen molar-refractivity contribution in [1.82, 2.24) is 0 Å². The lowest BCUT2D eigenvalue weighted by Gasteiger charge is -2.09. The van der Waals surface area contributed by atoms with Gasteiger partial charge in [0, 0.05) is 11.4 Å². The highest BCUT2D eigenvalue weighted by Gasteiger charge is 2.04. The molecule has 0 amide bonds. The topological polar surface area (TPSA) is 26.0 Å². The van der Waals surface area contributed by atoms with Gasteiger partial charge in [-0.2, -0.15) is 0 Å². The molecule has 0 fully saturated rings. The number of rotatable bonds is 4. The molecule has 2 heteroatoms. The summed E-state index contributed by atoms with van der Waals surface area (Å²) >= 11 is 1.73. The lowest BCUT2D eigenvalue weighted by Crippen LogP contribution is -1.91. The third-order valence-electron chi connectivity index (χ3n) is 3.28. The predicted molar refractivity (Wildman–Crippen MR) is 76.4 cm³/mol. The zero-order valence-electron chi connectivity index (χ0n) is 10.4. The Labute approximate surface area is 107 Å². The second kappa shape index (κ2) is 5.48. The first-order valence-electron chi connectivity index (χ1n) is 6.12. The normalized spacial score (nSPS) is 12.6. The molecular formula is C15H19NS. The number of hydrogen-bond donors (Lipinski definition) is 1. The summed E-state index contributed by atoms with van der Waals surface area (Å²) in [6, 6.07) is 11.1. The maximum Gasteiger partial charge on any atom is 0.0274 e. The predicted octanol–water partition coefficient (Wildman–Crippen LogP) is 4.39. The van der Waals surface area contributed by atoms with Gasteiger partial charge in [0.25, 0.3) is 0 Å².